The fourth-order valence-electron chi connectivity index (χ4n) is 2.53. The second kappa shape index (κ2) is 6.53. The van der Waals surface area contributed by atoms with Crippen LogP contribution in [0.15, 0.2) is 63.3 Å². The molecule has 0 N–H and O–H groups in total. The first kappa shape index (κ1) is 16.2. The summed E-state index contributed by atoms with van der Waals surface area (Å²) in [5.74, 6) is 1.38. The Kier molecular flexibility index (Phi) is 4.22. The molecule has 1 aromatic heterocycles. The molecule has 1 aliphatic rings. The zero-order valence-corrected chi connectivity index (χ0v) is 15.7. The highest BCUT2D eigenvalue weighted by molar-refractivity contribution is 9.10. The fraction of sp³-hybridized carbons (Fsp3) is 0.118. The standard InChI is InChI=1S/C17H13BrN5OS/c1-22(24)14-4-2-3-12(9-14)15-10-25-17-20-19-16(23(17)21-15)11-5-7-13(18)8-6-11/h2-9H,10H2,1H3/q+1. The molecule has 25 heavy (non-hydrogen) atoms. The number of nitrogens with zero attached hydrogens (tertiary/aromatic N) is 5. The van der Waals surface area contributed by atoms with Crippen molar-refractivity contribution >= 4 is 39.1 Å². The number of hydrogen-bond acceptors (Lipinski definition) is 5. The predicted molar refractivity (Wildman–Crippen MR) is 101 cm³/mol. The quantitative estimate of drug-likeness (QED) is 0.605. The van der Waals surface area contributed by atoms with Crippen LogP contribution >= 0.6 is 27.7 Å². The van der Waals surface area contributed by atoms with Crippen molar-refractivity contribution in [1.82, 2.24) is 14.9 Å². The van der Waals surface area contributed by atoms with E-state index in [1.165, 1.54) is 7.05 Å². The third-order valence-corrected chi connectivity index (χ3v) is 5.28. The molecular weight excluding hydrogens is 402 g/mol. The van der Waals surface area contributed by atoms with E-state index in [1.807, 2.05) is 42.5 Å². The Morgan fingerprint density at radius 2 is 1.92 bits per heavy atom. The summed E-state index contributed by atoms with van der Waals surface area (Å²) in [4.78, 5) is 11.5. The molecule has 0 saturated heterocycles. The van der Waals surface area contributed by atoms with E-state index in [2.05, 4.69) is 26.1 Å². The van der Waals surface area contributed by atoms with Crippen molar-refractivity contribution in [1.29, 1.82) is 0 Å². The number of thioether (sulfide) groups is 1. The van der Waals surface area contributed by atoms with E-state index in [4.69, 9.17) is 5.10 Å². The first-order valence-electron chi connectivity index (χ1n) is 7.55. The van der Waals surface area contributed by atoms with E-state index in [-0.39, 0.29) is 0 Å². The smallest absolute Gasteiger partial charge is 0.187 e. The molecule has 3 aromatic rings. The maximum absolute atomic E-state index is 11.5. The SMILES string of the molecule is C[N+](=O)c1cccc(C2=Nn3c(nnc3-c3ccc(Br)cc3)SC2)c1. The number of halogens is 1. The molecule has 2 aromatic carbocycles. The topological polar surface area (TPSA) is 63.1 Å². The van der Waals surface area contributed by atoms with Crippen LogP contribution in [0.4, 0.5) is 5.69 Å². The van der Waals surface area contributed by atoms with Crippen LogP contribution in [-0.2, 0) is 0 Å². The molecule has 0 bridgehead atoms. The first-order valence-corrected chi connectivity index (χ1v) is 9.33. The van der Waals surface area contributed by atoms with Crippen LogP contribution in [0.3, 0.4) is 0 Å². The van der Waals surface area contributed by atoms with Gasteiger partial charge in [-0.15, -0.1) is 10.2 Å². The van der Waals surface area contributed by atoms with Crippen molar-refractivity contribution in [2.75, 3.05) is 12.8 Å². The molecule has 0 saturated carbocycles. The van der Waals surface area contributed by atoms with E-state index >= 15 is 0 Å². The third-order valence-electron chi connectivity index (χ3n) is 3.82. The van der Waals surface area contributed by atoms with Crippen molar-refractivity contribution in [3.05, 3.63) is 63.5 Å². The summed E-state index contributed by atoms with van der Waals surface area (Å²) in [5, 5.41) is 14.0. The van der Waals surface area contributed by atoms with Gasteiger partial charge in [-0.2, -0.15) is 9.78 Å². The molecule has 4 rings (SSSR count). The molecule has 8 heteroatoms. The largest absolute Gasteiger partial charge is 0.256 e. The van der Waals surface area contributed by atoms with E-state index < -0.39 is 0 Å². The summed E-state index contributed by atoms with van der Waals surface area (Å²) in [5.41, 5.74) is 3.36. The van der Waals surface area contributed by atoms with E-state index in [1.54, 1.807) is 22.5 Å². The normalized spacial score (nSPS) is 13.3. The van der Waals surface area contributed by atoms with Gasteiger partial charge in [0.15, 0.2) is 12.9 Å². The number of aromatic nitrogens is 3. The second-order valence-corrected chi connectivity index (χ2v) is 7.37. The Morgan fingerprint density at radius 1 is 1.12 bits per heavy atom. The lowest BCUT2D eigenvalue weighted by Gasteiger charge is -2.13. The van der Waals surface area contributed by atoms with Crippen molar-refractivity contribution < 1.29 is 4.76 Å². The highest BCUT2D eigenvalue weighted by atomic mass is 79.9. The average molecular weight is 415 g/mol. The van der Waals surface area contributed by atoms with Crippen molar-refractivity contribution in [2.45, 2.75) is 5.16 Å². The van der Waals surface area contributed by atoms with Gasteiger partial charge in [-0.3, -0.25) is 0 Å². The summed E-state index contributed by atoms with van der Waals surface area (Å²) in [6, 6.07) is 15.3. The molecular formula is C17H13BrN5OS+. The average Bonchev–Trinajstić information content (AvgIpc) is 3.05. The zero-order chi connectivity index (χ0) is 17.4. The molecule has 6 nitrogen and oxygen atoms in total. The molecule has 1 aliphatic heterocycles. The Labute approximate surface area is 156 Å². The molecule has 0 aliphatic carbocycles. The van der Waals surface area contributed by atoms with Gasteiger partial charge in [0.25, 0.3) is 5.69 Å². The number of fused-ring (bicyclic) bond motifs is 1. The minimum absolute atomic E-state index is 0.605. The molecule has 0 spiro atoms. The highest BCUT2D eigenvalue weighted by Crippen LogP contribution is 2.29. The van der Waals surface area contributed by atoms with Crippen molar-refractivity contribution in [2.24, 2.45) is 5.10 Å². The van der Waals surface area contributed by atoms with Crippen LogP contribution in [0.1, 0.15) is 5.56 Å². The molecule has 0 amide bonds. The van der Waals surface area contributed by atoms with Crippen LogP contribution in [0.5, 0.6) is 0 Å². The van der Waals surface area contributed by atoms with Gasteiger partial charge >= 0.3 is 0 Å². The third kappa shape index (κ3) is 3.14. The fourth-order valence-corrected chi connectivity index (χ4v) is 3.63. The minimum atomic E-state index is 0.605. The number of benzene rings is 2. The lowest BCUT2D eigenvalue weighted by atomic mass is 10.1. The van der Waals surface area contributed by atoms with Gasteiger partial charge in [0.05, 0.1) is 5.71 Å². The lowest BCUT2D eigenvalue weighted by molar-refractivity contribution is -0.428. The first-order chi connectivity index (χ1) is 12.1. The van der Waals surface area contributed by atoms with Crippen LogP contribution < -0.4 is 0 Å². The molecule has 0 fully saturated rings. The maximum Gasteiger partial charge on any atom is 0.256 e. The molecule has 0 unspecified atom stereocenters. The minimum Gasteiger partial charge on any atom is -0.187 e. The zero-order valence-electron chi connectivity index (χ0n) is 13.3. The van der Waals surface area contributed by atoms with E-state index in [0.717, 1.165) is 31.2 Å². The van der Waals surface area contributed by atoms with Crippen molar-refractivity contribution in [3.63, 3.8) is 0 Å². The number of rotatable bonds is 3. The Hall–Kier alpha value is -2.32. The van der Waals surface area contributed by atoms with Crippen LogP contribution in [0.2, 0.25) is 0 Å². The summed E-state index contributed by atoms with van der Waals surface area (Å²) >= 11 is 5.02. The Balaban J connectivity index is 1.77. The molecule has 2 heterocycles. The highest BCUT2D eigenvalue weighted by Gasteiger charge is 2.21. The van der Waals surface area contributed by atoms with Gasteiger partial charge in [-0.25, -0.2) is 0 Å². The lowest BCUT2D eigenvalue weighted by Crippen LogP contribution is -2.14. The van der Waals surface area contributed by atoms with Crippen molar-refractivity contribution in [3.8, 4) is 11.4 Å². The second-order valence-electron chi connectivity index (χ2n) is 5.51. The Morgan fingerprint density at radius 3 is 2.68 bits per heavy atom. The van der Waals surface area contributed by atoms with Gasteiger partial charge in [0.2, 0.25) is 5.16 Å². The summed E-state index contributed by atoms with van der Waals surface area (Å²) in [7, 11) is 1.49. The number of hydrogen-bond donors (Lipinski definition) is 0. The molecule has 0 atom stereocenters. The van der Waals surface area contributed by atoms with Gasteiger partial charge in [0.1, 0.15) is 0 Å². The van der Waals surface area contributed by atoms with Crippen LogP contribution in [0.25, 0.3) is 11.4 Å². The summed E-state index contributed by atoms with van der Waals surface area (Å²) in [6.45, 7) is 0. The van der Waals surface area contributed by atoms with E-state index in [9.17, 15) is 4.91 Å². The summed E-state index contributed by atoms with van der Waals surface area (Å²) < 4.78 is 3.62. The van der Waals surface area contributed by atoms with Crippen LogP contribution in [-0.4, -0.2) is 38.1 Å². The van der Waals surface area contributed by atoms with Crippen LogP contribution in [0, 0.1) is 4.91 Å². The monoisotopic (exact) mass is 414 g/mol. The van der Waals surface area contributed by atoms with Gasteiger partial charge < -0.3 is 0 Å². The van der Waals surface area contributed by atoms with Gasteiger partial charge in [0, 0.05) is 43.2 Å². The number of nitroso groups, excluding NO2 is 1. The van der Waals surface area contributed by atoms with Gasteiger partial charge in [-0.1, -0.05) is 52.0 Å². The predicted octanol–water partition coefficient (Wildman–Crippen LogP) is 4.11. The molecule has 0 radical (unpaired) electrons. The summed E-state index contributed by atoms with van der Waals surface area (Å²) in [6.07, 6.45) is 0. The van der Waals surface area contributed by atoms with Gasteiger partial charge in [-0.05, 0) is 12.1 Å². The van der Waals surface area contributed by atoms with E-state index in [0.29, 0.717) is 17.3 Å². The molecule has 124 valence electrons. The maximum atomic E-state index is 11.5. The Bertz CT molecular complexity index is 997.